The van der Waals surface area contributed by atoms with Gasteiger partial charge in [0.05, 0.1) is 0 Å². The van der Waals surface area contributed by atoms with Gasteiger partial charge in [-0.1, -0.05) is 0 Å². The zero-order valence-electron chi connectivity index (χ0n) is 9.49. The fraction of sp³-hybridized carbons (Fsp3) is 0.200. The van der Waals surface area contributed by atoms with Crippen LogP contribution in [0.25, 0.3) is 0 Å². The summed E-state index contributed by atoms with van der Waals surface area (Å²) in [7, 11) is -3.79. The van der Waals surface area contributed by atoms with Crippen molar-refractivity contribution < 1.29 is 17.9 Å². The van der Waals surface area contributed by atoms with Gasteiger partial charge in [0, 0.05) is 12.3 Å². The van der Waals surface area contributed by atoms with E-state index < -0.39 is 10.0 Å². The van der Waals surface area contributed by atoms with Crippen LogP contribution in [0.3, 0.4) is 0 Å². The van der Waals surface area contributed by atoms with Crippen LogP contribution in [0, 0.1) is 6.92 Å². The van der Waals surface area contributed by atoms with Gasteiger partial charge in [0.15, 0.2) is 5.82 Å². The molecule has 0 spiro atoms. The van der Waals surface area contributed by atoms with Gasteiger partial charge in [0.1, 0.15) is 23.0 Å². The number of anilines is 1. The Morgan fingerprint density at radius 2 is 2.28 bits per heavy atom. The van der Waals surface area contributed by atoms with Crippen LogP contribution >= 0.6 is 0 Å². The van der Waals surface area contributed by atoms with Crippen LogP contribution in [0.5, 0.6) is 0 Å². The number of rotatable bonds is 4. The Kier molecular flexibility index (Phi) is 3.30. The van der Waals surface area contributed by atoms with E-state index in [0.717, 1.165) is 0 Å². The van der Waals surface area contributed by atoms with E-state index in [-0.39, 0.29) is 28.8 Å². The smallest absolute Gasteiger partial charge is 0.266 e. The standard InChI is InChI=1S/C10H11N3O4S/c1-7-9(5-8(6-14)17-7)18(15,16)13-10-3-2-4-11-12-10/h2-5,14H,6H2,1H3,(H,12,13). The van der Waals surface area contributed by atoms with Crippen LogP contribution in [0.2, 0.25) is 0 Å². The highest BCUT2D eigenvalue weighted by Crippen LogP contribution is 2.21. The van der Waals surface area contributed by atoms with Gasteiger partial charge in [-0.15, -0.1) is 5.10 Å². The highest BCUT2D eigenvalue weighted by atomic mass is 32.2. The first-order chi connectivity index (χ1) is 8.53. The molecular weight excluding hydrogens is 258 g/mol. The molecule has 2 N–H and O–H groups in total. The first-order valence-electron chi connectivity index (χ1n) is 5.03. The lowest BCUT2D eigenvalue weighted by atomic mass is 10.4. The fourth-order valence-corrected chi connectivity index (χ4v) is 2.62. The summed E-state index contributed by atoms with van der Waals surface area (Å²) >= 11 is 0. The van der Waals surface area contributed by atoms with Crippen molar-refractivity contribution in [2.45, 2.75) is 18.4 Å². The third kappa shape index (κ3) is 2.49. The molecule has 0 aliphatic heterocycles. The molecule has 0 bridgehead atoms. The Morgan fingerprint density at radius 1 is 1.50 bits per heavy atom. The Morgan fingerprint density at radius 3 is 2.83 bits per heavy atom. The van der Waals surface area contributed by atoms with Crippen LogP contribution in [0.4, 0.5) is 5.82 Å². The van der Waals surface area contributed by atoms with Crippen molar-refractivity contribution in [1.82, 2.24) is 10.2 Å². The number of aliphatic hydroxyl groups excluding tert-OH is 1. The second kappa shape index (κ2) is 4.75. The van der Waals surface area contributed by atoms with E-state index >= 15 is 0 Å². The third-order valence-electron chi connectivity index (χ3n) is 2.18. The van der Waals surface area contributed by atoms with Crippen molar-refractivity contribution in [3.8, 4) is 0 Å². The van der Waals surface area contributed by atoms with E-state index in [1.807, 2.05) is 0 Å². The minimum Gasteiger partial charge on any atom is -0.462 e. The number of sulfonamides is 1. The summed E-state index contributed by atoms with van der Waals surface area (Å²) in [5, 5.41) is 16.1. The number of nitrogens with one attached hydrogen (secondary N) is 1. The maximum atomic E-state index is 12.0. The second-order valence-corrected chi connectivity index (χ2v) is 5.16. The average Bonchev–Trinajstić information content (AvgIpc) is 2.72. The number of furan rings is 1. The highest BCUT2D eigenvalue weighted by molar-refractivity contribution is 7.92. The predicted octanol–water partition coefficient (Wildman–Crippen LogP) is 0.671. The van der Waals surface area contributed by atoms with E-state index in [0.29, 0.717) is 0 Å². The van der Waals surface area contributed by atoms with Crippen molar-refractivity contribution in [1.29, 1.82) is 0 Å². The largest absolute Gasteiger partial charge is 0.462 e. The normalized spacial score (nSPS) is 11.4. The fourth-order valence-electron chi connectivity index (χ4n) is 1.42. The molecule has 7 nitrogen and oxygen atoms in total. The molecule has 0 aliphatic carbocycles. The molecule has 0 unspecified atom stereocenters. The summed E-state index contributed by atoms with van der Waals surface area (Å²) in [6.45, 7) is 1.14. The Balaban J connectivity index is 2.34. The van der Waals surface area contributed by atoms with Gasteiger partial charge in [0.2, 0.25) is 0 Å². The van der Waals surface area contributed by atoms with E-state index in [1.54, 1.807) is 6.07 Å². The molecule has 0 atom stereocenters. The molecule has 0 saturated heterocycles. The zero-order valence-corrected chi connectivity index (χ0v) is 10.3. The summed E-state index contributed by atoms with van der Waals surface area (Å²) in [5.41, 5.74) is 0. The van der Waals surface area contributed by atoms with Gasteiger partial charge >= 0.3 is 0 Å². The summed E-state index contributed by atoms with van der Waals surface area (Å²) in [6.07, 6.45) is 1.44. The molecule has 0 saturated carbocycles. The number of aliphatic hydroxyl groups is 1. The van der Waals surface area contributed by atoms with Crippen molar-refractivity contribution >= 4 is 15.8 Å². The molecule has 2 rings (SSSR count). The quantitative estimate of drug-likeness (QED) is 0.845. The molecule has 0 fully saturated rings. The van der Waals surface area contributed by atoms with Gasteiger partial charge in [-0.3, -0.25) is 4.72 Å². The molecule has 0 aromatic carbocycles. The summed E-state index contributed by atoms with van der Waals surface area (Å²) in [5.74, 6) is 0.506. The van der Waals surface area contributed by atoms with Gasteiger partial charge in [-0.05, 0) is 19.1 Å². The third-order valence-corrected chi connectivity index (χ3v) is 3.64. The molecule has 0 amide bonds. The molecule has 2 aromatic rings. The van der Waals surface area contributed by atoms with Crippen LogP contribution in [0.1, 0.15) is 11.5 Å². The van der Waals surface area contributed by atoms with Crippen molar-refractivity contribution in [3.05, 3.63) is 35.9 Å². The van der Waals surface area contributed by atoms with Crippen LogP contribution in [-0.2, 0) is 16.6 Å². The maximum Gasteiger partial charge on any atom is 0.266 e. The number of hydrogen-bond donors (Lipinski definition) is 2. The van der Waals surface area contributed by atoms with Gasteiger partial charge in [-0.25, -0.2) is 8.42 Å². The number of nitrogens with zero attached hydrogens (tertiary/aromatic N) is 2. The molecule has 0 radical (unpaired) electrons. The number of aryl methyl sites for hydroxylation is 1. The SMILES string of the molecule is Cc1oc(CO)cc1S(=O)(=O)Nc1cccnn1. The van der Waals surface area contributed by atoms with Gasteiger partial charge in [-0.2, -0.15) is 5.10 Å². The topological polar surface area (TPSA) is 105 Å². The minimum absolute atomic E-state index is 0.0304. The molecule has 2 aromatic heterocycles. The molecule has 18 heavy (non-hydrogen) atoms. The van der Waals surface area contributed by atoms with Crippen LogP contribution in [0.15, 0.2) is 33.7 Å². The van der Waals surface area contributed by atoms with Crippen molar-refractivity contribution in [2.24, 2.45) is 0 Å². The van der Waals surface area contributed by atoms with Crippen molar-refractivity contribution in [2.75, 3.05) is 4.72 Å². The first-order valence-corrected chi connectivity index (χ1v) is 6.52. The summed E-state index contributed by atoms with van der Waals surface area (Å²) in [6, 6.07) is 4.31. The zero-order chi connectivity index (χ0) is 13.2. The Labute approximate surface area is 104 Å². The van der Waals surface area contributed by atoms with Crippen molar-refractivity contribution in [3.63, 3.8) is 0 Å². The van der Waals surface area contributed by atoms with E-state index in [2.05, 4.69) is 14.9 Å². The predicted molar refractivity (Wildman–Crippen MR) is 62.2 cm³/mol. The summed E-state index contributed by atoms with van der Waals surface area (Å²) < 4.78 is 31.4. The lowest BCUT2D eigenvalue weighted by molar-refractivity contribution is 0.245. The molecule has 2 heterocycles. The molecule has 8 heteroatoms. The number of hydrogen-bond acceptors (Lipinski definition) is 6. The van der Waals surface area contributed by atoms with Gasteiger partial charge in [0.25, 0.3) is 10.0 Å². The summed E-state index contributed by atoms with van der Waals surface area (Å²) in [4.78, 5) is -0.0304. The van der Waals surface area contributed by atoms with Crippen LogP contribution in [-0.4, -0.2) is 23.7 Å². The first kappa shape index (κ1) is 12.5. The highest BCUT2D eigenvalue weighted by Gasteiger charge is 2.21. The number of aromatic nitrogens is 2. The van der Waals surface area contributed by atoms with E-state index in [1.165, 1.54) is 25.3 Å². The van der Waals surface area contributed by atoms with Gasteiger partial charge < -0.3 is 9.52 Å². The Bertz CT molecular complexity index is 636. The lowest BCUT2D eigenvalue weighted by Gasteiger charge is -2.04. The van der Waals surface area contributed by atoms with E-state index in [9.17, 15) is 8.42 Å². The Hall–Kier alpha value is -1.93. The molecular formula is C10H11N3O4S. The van der Waals surface area contributed by atoms with Crippen LogP contribution < -0.4 is 4.72 Å². The maximum absolute atomic E-state index is 12.0. The average molecular weight is 269 g/mol. The monoisotopic (exact) mass is 269 g/mol. The molecule has 96 valence electrons. The molecule has 0 aliphatic rings. The van der Waals surface area contributed by atoms with E-state index in [4.69, 9.17) is 9.52 Å². The lowest BCUT2D eigenvalue weighted by Crippen LogP contribution is -2.14. The second-order valence-electron chi connectivity index (χ2n) is 3.51. The minimum atomic E-state index is -3.79.